The standard InChI is InChI=1S/C15H17ClF2/c1-15(2)8-10(6-11(16)9-15)7-12-13(17)4-3-5-14(12)18/h3-6,11H,7-9H2,1-2H3. The van der Waals surface area contributed by atoms with Crippen LogP contribution < -0.4 is 0 Å². The first-order valence-electron chi connectivity index (χ1n) is 6.14. The van der Waals surface area contributed by atoms with Gasteiger partial charge in [-0.05, 0) is 36.8 Å². The largest absolute Gasteiger partial charge is 0.207 e. The van der Waals surface area contributed by atoms with Gasteiger partial charge in [0.05, 0.1) is 5.38 Å². The van der Waals surface area contributed by atoms with Gasteiger partial charge in [-0.3, -0.25) is 0 Å². The second kappa shape index (κ2) is 5.00. The van der Waals surface area contributed by atoms with Gasteiger partial charge < -0.3 is 0 Å². The number of hydrogen-bond acceptors (Lipinski definition) is 0. The molecule has 0 nitrogen and oxygen atoms in total. The molecule has 1 aliphatic rings. The summed E-state index contributed by atoms with van der Waals surface area (Å²) in [5.41, 5.74) is 1.26. The number of allylic oxidation sites excluding steroid dienone is 2. The maximum Gasteiger partial charge on any atom is 0.129 e. The molecule has 1 aliphatic carbocycles. The van der Waals surface area contributed by atoms with Crippen LogP contribution in [0.25, 0.3) is 0 Å². The molecular weight excluding hydrogens is 254 g/mol. The third-order valence-corrected chi connectivity index (χ3v) is 3.62. The molecule has 0 amide bonds. The zero-order valence-electron chi connectivity index (χ0n) is 10.6. The van der Waals surface area contributed by atoms with Gasteiger partial charge in [-0.1, -0.05) is 31.6 Å². The van der Waals surface area contributed by atoms with Gasteiger partial charge in [-0.2, -0.15) is 0 Å². The minimum Gasteiger partial charge on any atom is -0.207 e. The number of halogens is 3. The molecule has 0 aromatic heterocycles. The summed E-state index contributed by atoms with van der Waals surface area (Å²) >= 11 is 6.18. The van der Waals surface area contributed by atoms with E-state index in [4.69, 9.17) is 11.6 Å². The van der Waals surface area contributed by atoms with Crippen LogP contribution in [0.3, 0.4) is 0 Å². The zero-order chi connectivity index (χ0) is 13.3. The van der Waals surface area contributed by atoms with Crippen molar-refractivity contribution in [3.8, 4) is 0 Å². The summed E-state index contributed by atoms with van der Waals surface area (Å²) in [5, 5.41) is -0.0430. The quantitative estimate of drug-likeness (QED) is 0.532. The van der Waals surface area contributed by atoms with Gasteiger partial charge in [0.15, 0.2) is 0 Å². The van der Waals surface area contributed by atoms with E-state index >= 15 is 0 Å². The Balaban J connectivity index is 2.24. The second-order valence-electron chi connectivity index (χ2n) is 5.76. The molecule has 1 atom stereocenters. The highest BCUT2D eigenvalue weighted by molar-refractivity contribution is 6.21. The smallest absolute Gasteiger partial charge is 0.129 e. The lowest BCUT2D eigenvalue weighted by Crippen LogP contribution is -2.23. The number of rotatable bonds is 2. The van der Waals surface area contributed by atoms with Gasteiger partial charge >= 0.3 is 0 Å². The van der Waals surface area contributed by atoms with Crippen molar-refractivity contribution in [2.24, 2.45) is 5.41 Å². The van der Waals surface area contributed by atoms with Crippen LogP contribution in [0.1, 0.15) is 32.3 Å². The Morgan fingerprint density at radius 3 is 2.44 bits per heavy atom. The van der Waals surface area contributed by atoms with Crippen LogP contribution in [0.4, 0.5) is 8.78 Å². The summed E-state index contributed by atoms with van der Waals surface area (Å²) in [4.78, 5) is 0. The first-order valence-corrected chi connectivity index (χ1v) is 6.57. The Morgan fingerprint density at radius 2 is 1.89 bits per heavy atom. The number of benzene rings is 1. The average molecular weight is 271 g/mol. The predicted octanol–water partition coefficient (Wildman–Crippen LogP) is 4.86. The van der Waals surface area contributed by atoms with Gasteiger partial charge in [-0.15, -0.1) is 11.6 Å². The van der Waals surface area contributed by atoms with E-state index in [1.165, 1.54) is 18.2 Å². The molecule has 0 saturated heterocycles. The van der Waals surface area contributed by atoms with E-state index in [0.717, 1.165) is 18.4 Å². The fourth-order valence-corrected chi connectivity index (χ4v) is 3.23. The van der Waals surface area contributed by atoms with Crippen molar-refractivity contribution in [1.29, 1.82) is 0 Å². The predicted molar refractivity (Wildman–Crippen MR) is 70.8 cm³/mol. The summed E-state index contributed by atoms with van der Waals surface area (Å²) in [7, 11) is 0. The Hall–Kier alpha value is -0.890. The minimum atomic E-state index is -0.481. The fourth-order valence-electron chi connectivity index (χ4n) is 2.64. The molecule has 2 rings (SSSR count). The molecule has 1 unspecified atom stereocenters. The minimum absolute atomic E-state index is 0.0430. The molecule has 3 heteroatoms. The van der Waals surface area contributed by atoms with Gasteiger partial charge in [0.25, 0.3) is 0 Å². The molecule has 0 spiro atoms. The maximum absolute atomic E-state index is 13.6. The van der Waals surface area contributed by atoms with E-state index in [-0.39, 0.29) is 16.4 Å². The summed E-state index contributed by atoms with van der Waals surface area (Å²) in [6.45, 7) is 4.26. The van der Waals surface area contributed by atoms with Crippen LogP contribution in [0.15, 0.2) is 29.8 Å². The second-order valence-corrected chi connectivity index (χ2v) is 6.32. The van der Waals surface area contributed by atoms with Crippen molar-refractivity contribution in [3.05, 3.63) is 47.0 Å². The molecule has 0 fully saturated rings. The lowest BCUT2D eigenvalue weighted by Gasteiger charge is -2.32. The van der Waals surface area contributed by atoms with Gasteiger partial charge in [-0.25, -0.2) is 8.78 Å². The first-order chi connectivity index (χ1) is 8.37. The van der Waals surface area contributed by atoms with Crippen LogP contribution in [-0.4, -0.2) is 5.38 Å². The third-order valence-electron chi connectivity index (χ3n) is 3.34. The SMILES string of the molecule is CC1(C)CC(Cc2c(F)cccc2F)=CC(Cl)C1. The molecule has 1 aromatic carbocycles. The van der Waals surface area contributed by atoms with Crippen molar-refractivity contribution >= 4 is 11.6 Å². The van der Waals surface area contributed by atoms with E-state index in [1.807, 2.05) is 6.08 Å². The van der Waals surface area contributed by atoms with E-state index in [2.05, 4.69) is 13.8 Å². The molecule has 0 saturated carbocycles. The molecule has 1 aromatic rings. The lowest BCUT2D eigenvalue weighted by atomic mass is 9.76. The molecule has 0 heterocycles. The van der Waals surface area contributed by atoms with E-state index in [1.54, 1.807) is 0 Å². The van der Waals surface area contributed by atoms with Crippen LogP contribution >= 0.6 is 11.6 Å². The van der Waals surface area contributed by atoms with Gasteiger partial charge in [0.1, 0.15) is 11.6 Å². The Morgan fingerprint density at radius 1 is 1.28 bits per heavy atom. The maximum atomic E-state index is 13.6. The molecule has 0 N–H and O–H groups in total. The highest BCUT2D eigenvalue weighted by atomic mass is 35.5. The topological polar surface area (TPSA) is 0 Å². The van der Waals surface area contributed by atoms with Gasteiger partial charge in [0.2, 0.25) is 0 Å². The van der Waals surface area contributed by atoms with E-state index in [9.17, 15) is 8.78 Å². The molecule has 0 aliphatic heterocycles. The Kier molecular flexibility index (Phi) is 3.76. The van der Waals surface area contributed by atoms with Crippen LogP contribution in [0, 0.1) is 17.0 Å². The molecular formula is C15H17ClF2. The molecule has 98 valence electrons. The fraction of sp³-hybridized carbons (Fsp3) is 0.467. The van der Waals surface area contributed by atoms with Crippen molar-refractivity contribution in [1.82, 2.24) is 0 Å². The molecule has 18 heavy (non-hydrogen) atoms. The van der Waals surface area contributed by atoms with Crippen LogP contribution in [-0.2, 0) is 6.42 Å². The number of alkyl halides is 1. The van der Waals surface area contributed by atoms with Crippen molar-refractivity contribution in [2.75, 3.05) is 0 Å². The summed E-state index contributed by atoms with van der Waals surface area (Å²) in [5.74, 6) is -0.962. The normalized spacial score (nSPS) is 22.7. The van der Waals surface area contributed by atoms with E-state index < -0.39 is 11.6 Å². The van der Waals surface area contributed by atoms with Crippen LogP contribution in [0.5, 0.6) is 0 Å². The van der Waals surface area contributed by atoms with Gasteiger partial charge in [0, 0.05) is 5.56 Å². The van der Waals surface area contributed by atoms with E-state index in [0.29, 0.717) is 6.42 Å². The van der Waals surface area contributed by atoms with Crippen LogP contribution in [0.2, 0.25) is 0 Å². The summed E-state index contributed by atoms with van der Waals surface area (Å²) in [6, 6.07) is 3.98. The molecule has 0 bridgehead atoms. The highest BCUT2D eigenvalue weighted by Gasteiger charge is 2.28. The third kappa shape index (κ3) is 3.11. The average Bonchev–Trinajstić information content (AvgIpc) is 2.21. The van der Waals surface area contributed by atoms with Crippen molar-refractivity contribution in [3.63, 3.8) is 0 Å². The van der Waals surface area contributed by atoms with Crippen molar-refractivity contribution < 1.29 is 8.78 Å². The lowest BCUT2D eigenvalue weighted by molar-refractivity contribution is 0.319. The van der Waals surface area contributed by atoms with Crippen molar-refractivity contribution in [2.45, 2.75) is 38.5 Å². The Bertz CT molecular complexity index is 457. The monoisotopic (exact) mass is 270 g/mol. The summed E-state index contributed by atoms with van der Waals surface area (Å²) in [6.07, 6.45) is 3.99. The molecule has 0 radical (unpaired) electrons. The zero-order valence-corrected chi connectivity index (χ0v) is 11.4. The summed E-state index contributed by atoms with van der Waals surface area (Å²) < 4.78 is 27.2. The first kappa shape index (κ1) is 13.5. The number of hydrogen-bond donors (Lipinski definition) is 0. The Labute approximate surface area is 112 Å². The highest BCUT2D eigenvalue weighted by Crippen LogP contribution is 2.38.